The first kappa shape index (κ1) is 16.8. The first-order valence-corrected chi connectivity index (χ1v) is 8.57. The highest BCUT2D eigenvalue weighted by Crippen LogP contribution is 2.19. The van der Waals surface area contributed by atoms with Crippen molar-refractivity contribution in [2.75, 3.05) is 0 Å². The van der Waals surface area contributed by atoms with Crippen LogP contribution in [0, 0.1) is 5.41 Å². The summed E-state index contributed by atoms with van der Waals surface area (Å²) in [6.07, 6.45) is 5.52. The Morgan fingerprint density at radius 3 is 2.70 bits per heavy atom. The second-order valence-electron chi connectivity index (χ2n) is 6.37. The van der Waals surface area contributed by atoms with Gasteiger partial charge in [0.15, 0.2) is 0 Å². The van der Waals surface area contributed by atoms with E-state index in [1.54, 1.807) is 24.7 Å². The van der Waals surface area contributed by atoms with Crippen LogP contribution in [-0.2, 0) is 20.2 Å². The minimum Gasteiger partial charge on any atom is -0.486 e. The highest BCUT2D eigenvalue weighted by Gasteiger charge is 2.09. The van der Waals surface area contributed by atoms with Gasteiger partial charge in [-0.05, 0) is 42.0 Å². The lowest BCUT2D eigenvalue weighted by atomic mass is 10.2. The van der Waals surface area contributed by atoms with Crippen molar-refractivity contribution >= 4 is 16.9 Å². The molecule has 0 saturated carbocycles. The van der Waals surface area contributed by atoms with Crippen LogP contribution < -0.4 is 10.5 Å². The van der Waals surface area contributed by atoms with Crippen molar-refractivity contribution in [3.05, 3.63) is 78.1 Å². The highest BCUT2D eigenvalue weighted by molar-refractivity contribution is 5.94. The van der Waals surface area contributed by atoms with Crippen LogP contribution in [0.3, 0.4) is 0 Å². The zero-order valence-corrected chi connectivity index (χ0v) is 15.0. The van der Waals surface area contributed by atoms with Crippen LogP contribution in [-0.4, -0.2) is 24.9 Å². The summed E-state index contributed by atoms with van der Waals surface area (Å²) in [5, 5.41) is 7.43. The molecule has 0 unspecified atom stereocenters. The summed E-state index contributed by atoms with van der Waals surface area (Å²) in [5.41, 5.74) is 9.33. The van der Waals surface area contributed by atoms with Crippen molar-refractivity contribution < 1.29 is 4.74 Å². The Kier molecular flexibility index (Phi) is 4.33. The number of rotatable bonds is 6. The average molecular weight is 360 g/mol. The highest BCUT2D eigenvalue weighted by atomic mass is 16.5. The molecule has 4 rings (SSSR count). The molecule has 0 amide bonds. The second kappa shape index (κ2) is 6.95. The summed E-state index contributed by atoms with van der Waals surface area (Å²) in [7, 11) is 1.99. The van der Waals surface area contributed by atoms with Gasteiger partial charge in [-0.25, -0.2) is 9.97 Å². The molecule has 0 aliphatic carbocycles. The first-order chi connectivity index (χ1) is 13.1. The maximum absolute atomic E-state index is 7.43. The third-order valence-electron chi connectivity index (χ3n) is 4.50. The normalized spacial score (nSPS) is 11.0. The summed E-state index contributed by atoms with van der Waals surface area (Å²) in [6, 6.07) is 13.4. The molecule has 0 bridgehead atoms. The fourth-order valence-electron chi connectivity index (χ4n) is 2.99. The predicted octanol–water partition coefficient (Wildman–Crippen LogP) is 2.68. The van der Waals surface area contributed by atoms with Crippen molar-refractivity contribution in [1.82, 2.24) is 19.1 Å². The number of amidine groups is 1. The van der Waals surface area contributed by atoms with Crippen LogP contribution in [0.4, 0.5) is 0 Å². The number of fused-ring (bicyclic) bond motifs is 1. The quantitative estimate of drug-likeness (QED) is 0.408. The smallest absolute Gasteiger partial charge is 0.147 e. The van der Waals surface area contributed by atoms with Crippen molar-refractivity contribution in [2.24, 2.45) is 12.8 Å². The molecular weight excluding hydrogens is 340 g/mol. The molecule has 2 aromatic heterocycles. The van der Waals surface area contributed by atoms with E-state index in [0.29, 0.717) is 17.9 Å². The lowest BCUT2D eigenvalue weighted by Gasteiger charge is -2.07. The van der Waals surface area contributed by atoms with E-state index >= 15 is 0 Å². The van der Waals surface area contributed by atoms with Crippen molar-refractivity contribution in [1.29, 1.82) is 5.41 Å². The van der Waals surface area contributed by atoms with E-state index in [2.05, 4.69) is 23.2 Å². The van der Waals surface area contributed by atoms with Gasteiger partial charge in [-0.15, -0.1) is 0 Å². The number of nitrogens with two attached hydrogens (primary N) is 1. The van der Waals surface area contributed by atoms with E-state index in [1.807, 2.05) is 34.5 Å². The number of nitrogens with zero attached hydrogens (tertiary/aromatic N) is 4. The fourth-order valence-corrected chi connectivity index (χ4v) is 2.99. The lowest BCUT2D eigenvalue weighted by molar-refractivity contribution is 0.292. The van der Waals surface area contributed by atoms with Crippen LogP contribution in [0.1, 0.15) is 17.0 Å². The van der Waals surface area contributed by atoms with Crippen LogP contribution in [0.2, 0.25) is 0 Å². The summed E-state index contributed by atoms with van der Waals surface area (Å²) < 4.78 is 9.91. The maximum Gasteiger partial charge on any atom is 0.147 e. The molecule has 7 nitrogen and oxygen atoms in total. The van der Waals surface area contributed by atoms with Gasteiger partial charge in [-0.1, -0.05) is 6.07 Å². The van der Waals surface area contributed by atoms with Gasteiger partial charge < -0.3 is 19.6 Å². The molecule has 0 fully saturated rings. The molecule has 136 valence electrons. The van der Waals surface area contributed by atoms with Gasteiger partial charge in [0.05, 0.1) is 17.4 Å². The first-order valence-electron chi connectivity index (χ1n) is 8.57. The van der Waals surface area contributed by atoms with Crippen LogP contribution in [0.25, 0.3) is 11.0 Å². The molecule has 3 N–H and O–H groups in total. The SMILES string of the molecule is Cn1c(COc2ccc(C(=N)N)cc2)nc2cc(Cn3ccnc3)ccc21. The van der Waals surface area contributed by atoms with E-state index < -0.39 is 0 Å². The molecule has 0 aliphatic heterocycles. The third kappa shape index (κ3) is 3.52. The van der Waals surface area contributed by atoms with Gasteiger partial charge in [0.2, 0.25) is 0 Å². The largest absolute Gasteiger partial charge is 0.486 e. The zero-order chi connectivity index (χ0) is 18.8. The maximum atomic E-state index is 7.43. The number of benzene rings is 2. The number of hydrogen-bond donors (Lipinski definition) is 2. The van der Waals surface area contributed by atoms with Gasteiger partial charge in [0.25, 0.3) is 0 Å². The fraction of sp³-hybridized carbons (Fsp3) is 0.150. The Morgan fingerprint density at radius 2 is 2.00 bits per heavy atom. The summed E-state index contributed by atoms with van der Waals surface area (Å²) in [6.45, 7) is 1.13. The Balaban J connectivity index is 1.51. The topological polar surface area (TPSA) is 94.7 Å². The molecule has 2 aromatic carbocycles. The Hall–Kier alpha value is -3.61. The minimum absolute atomic E-state index is 0.0448. The van der Waals surface area contributed by atoms with Gasteiger partial charge in [-0.3, -0.25) is 5.41 Å². The Morgan fingerprint density at radius 1 is 1.19 bits per heavy atom. The monoisotopic (exact) mass is 360 g/mol. The molecule has 0 radical (unpaired) electrons. The molecule has 0 spiro atoms. The second-order valence-corrected chi connectivity index (χ2v) is 6.37. The van der Waals surface area contributed by atoms with E-state index in [0.717, 1.165) is 23.4 Å². The number of aromatic nitrogens is 4. The predicted molar refractivity (Wildman–Crippen MR) is 104 cm³/mol. The van der Waals surface area contributed by atoms with Gasteiger partial charge in [0, 0.05) is 31.5 Å². The molecule has 0 aliphatic rings. The van der Waals surface area contributed by atoms with Crippen LogP contribution >= 0.6 is 0 Å². The molecule has 0 atom stereocenters. The third-order valence-corrected chi connectivity index (χ3v) is 4.50. The van der Waals surface area contributed by atoms with Gasteiger partial charge in [-0.2, -0.15) is 0 Å². The molecule has 0 saturated heterocycles. The molecule has 4 aromatic rings. The lowest BCUT2D eigenvalue weighted by Crippen LogP contribution is -2.10. The van der Waals surface area contributed by atoms with E-state index in [1.165, 1.54) is 5.56 Å². The van der Waals surface area contributed by atoms with Crippen LogP contribution in [0.5, 0.6) is 5.75 Å². The van der Waals surface area contributed by atoms with E-state index in [-0.39, 0.29) is 5.84 Å². The van der Waals surface area contributed by atoms with E-state index in [9.17, 15) is 0 Å². The minimum atomic E-state index is 0.0448. The number of nitrogens with one attached hydrogen (secondary N) is 1. The number of nitrogen functional groups attached to an aromatic ring is 1. The number of ether oxygens (including phenoxy) is 1. The van der Waals surface area contributed by atoms with Crippen molar-refractivity contribution in [3.63, 3.8) is 0 Å². The molecule has 7 heteroatoms. The van der Waals surface area contributed by atoms with Crippen molar-refractivity contribution in [3.8, 4) is 5.75 Å². The summed E-state index contributed by atoms with van der Waals surface area (Å²) in [4.78, 5) is 8.80. The number of aryl methyl sites for hydroxylation is 1. The number of hydrogen-bond acceptors (Lipinski definition) is 4. The van der Waals surface area contributed by atoms with Gasteiger partial charge in [0.1, 0.15) is 24.0 Å². The summed E-state index contributed by atoms with van der Waals surface area (Å²) >= 11 is 0. The molecule has 2 heterocycles. The van der Waals surface area contributed by atoms with Crippen LogP contribution in [0.15, 0.2) is 61.2 Å². The average Bonchev–Trinajstić information content (AvgIpc) is 3.28. The molecule has 27 heavy (non-hydrogen) atoms. The number of imidazole rings is 2. The molecular formula is C20H20N6O. The standard InChI is InChI=1S/C20H20N6O/c1-25-18-7-2-14(11-26-9-8-23-13-26)10-17(18)24-19(25)12-27-16-5-3-15(4-6-16)20(21)22/h2-10,13H,11-12H2,1H3,(H3,21,22). The van der Waals surface area contributed by atoms with Gasteiger partial charge >= 0.3 is 0 Å². The zero-order valence-electron chi connectivity index (χ0n) is 15.0. The Labute approximate surface area is 156 Å². The summed E-state index contributed by atoms with van der Waals surface area (Å²) in [5.74, 6) is 1.61. The van der Waals surface area contributed by atoms with E-state index in [4.69, 9.17) is 20.9 Å². The Bertz CT molecular complexity index is 1080. The van der Waals surface area contributed by atoms with Crippen molar-refractivity contribution in [2.45, 2.75) is 13.2 Å².